The number of carbonyl (C=O) groups is 1. The molecule has 0 saturated carbocycles. The van der Waals surface area contributed by atoms with Gasteiger partial charge in [-0.15, -0.1) is 13.2 Å². The molecule has 0 saturated heterocycles. The summed E-state index contributed by atoms with van der Waals surface area (Å²) in [5.74, 6) is -1.14. The van der Waals surface area contributed by atoms with Crippen LogP contribution in [0.1, 0.15) is 21.6 Å². The van der Waals surface area contributed by atoms with Crippen molar-refractivity contribution in [3.8, 4) is 16.9 Å². The highest BCUT2D eigenvalue weighted by atomic mass is 19.4. The first-order valence-electron chi connectivity index (χ1n) is 9.84. The number of hydrogen-bond acceptors (Lipinski definition) is 5. The van der Waals surface area contributed by atoms with Gasteiger partial charge in [0.05, 0.1) is 17.6 Å². The van der Waals surface area contributed by atoms with Crippen molar-refractivity contribution in [3.63, 3.8) is 0 Å². The molecule has 3 N–H and O–H groups in total. The monoisotopic (exact) mass is 454 g/mol. The van der Waals surface area contributed by atoms with Crippen LogP contribution >= 0.6 is 0 Å². The van der Waals surface area contributed by atoms with E-state index in [4.69, 9.17) is 5.41 Å². The minimum Gasteiger partial charge on any atom is -0.405 e. The lowest BCUT2D eigenvalue weighted by Crippen LogP contribution is -2.20. The quantitative estimate of drug-likeness (QED) is 0.423. The van der Waals surface area contributed by atoms with E-state index >= 15 is 0 Å². The second-order valence-electron chi connectivity index (χ2n) is 6.99. The zero-order valence-corrected chi connectivity index (χ0v) is 17.8. The molecule has 0 radical (unpaired) electrons. The molecule has 0 spiro atoms. The van der Waals surface area contributed by atoms with E-state index in [1.807, 2.05) is 43.3 Å². The van der Waals surface area contributed by atoms with Crippen LogP contribution in [-0.2, 0) is 0 Å². The van der Waals surface area contributed by atoms with Gasteiger partial charge < -0.3 is 20.8 Å². The van der Waals surface area contributed by atoms with Crippen LogP contribution in [-0.4, -0.2) is 30.0 Å². The molecule has 2 aromatic carbocycles. The first-order valence-corrected chi connectivity index (χ1v) is 9.84. The fourth-order valence-electron chi connectivity index (χ4n) is 3.06. The number of anilines is 1. The molecule has 0 aliphatic heterocycles. The molecule has 0 atom stereocenters. The van der Waals surface area contributed by atoms with E-state index < -0.39 is 18.0 Å². The van der Waals surface area contributed by atoms with E-state index in [0.717, 1.165) is 22.9 Å². The summed E-state index contributed by atoms with van der Waals surface area (Å²) in [6, 6.07) is 14.6. The number of nitrogens with one attached hydrogen (secondary N) is 3. The predicted molar refractivity (Wildman–Crippen MR) is 121 cm³/mol. The number of amides is 1. The Hall–Kier alpha value is -4.14. The van der Waals surface area contributed by atoms with Crippen LogP contribution < -0.4 is 15.4 Å². The normalized spacial score (nSPS) is 11.3. The maximum absolute atomic E-state index is 13.0. The number of hydrogen-bond donors (Lipinski definition) is 3. The Morgan fingerprint density at radius 1 is 1.12 bits per heavy atom. The van der Waals surface area contributed by atoms with Crippen molar-refractivity contribution in [2.45, 2.75) is 13.3 Å². The minimum atomic E-state index is -4.94. The molecular formula is C24H21F3N4O2. The molecule has 170 valence electrons. The predicted octanol–water partition coefficient (Wildman–Crippen LogP) is 5.31. The summed E-state index contributed by atoms with van der Waals surface area (Å²) < 4.78 is 42.5. The summed E-state index contributed by atoms with van der Waals surface area (Å²) in [5, 5.41) is 13.5. The van der Waals surface area contributed by atoms with Gasteiger partial charge >= 0.3 is 6.36 Å². The third-order valence-corrected chi connectivity index (χ3v) is 4.55. The van der Waals surface area contributed by atoms with Crippen molar-refractivity contribution >= 4 is 17.3 Å². The fourth-order valence-corrected chi connectivity index (χ4v) is 3.06. The van der Waals surface area contributed by atoms with Gasteiger partial charge in [-0.3, -0.25) is 9.78 Å². The Labute approximate surface area is 188 Å². The summed E-state index contributed by atoms with van der Waals surface area (Å²) in [5.41, 5.74) is 2.43. The maximum Gasteiger partial charge on any atom is 0.573 e. The number of aryl methyl sites for hydroxylation is 1. The van der Waals surface area contributed by atoms with Gasteiger partial charge in [-0.2, -0.15) is 0 Å². The Kier molecular flexibility index (Phi) is 7.12. The van der Waals surface area contributed by atoms with Crippen molar-refractivity contribution in [1.29, 1.82) is 5.41 Å². The van der Waals surface area contributed by atoms with E-state index in [-0.39, 0.29) is 16.8 Å². The summed E-state index contributed by atoms with van der Waals surface area (Å²) in [6.45, 7) is 1.83. The van der Waals surface area contributed by atoms with Crippen LogP contribution in [0.25, 0.3) is 11.1 Å². The third-order valence-electron chi connectivity index (χ3n) is 4.55. The molecular weight excluding hydrogens is 433 g/mol. The largest absolute Gasteiger partial charge is 0.573 e. The lowest BCUT2D eigenvalue weighted by Gasteiger charge is -2.15. The second-order valence-corrected chi connectivity index (χ2v) is 6.99. The molecule has 9 heteroatoms. The van der Waals surface area contributed by atoms with Crippen LogP contribution in [0.15, 0.2) is 73.1 Å². The zero-order chi connectivity index (χ0) is 24.0. The number of alkyl halides is 3. The van der Waals surface area contributed by atoms with E-state index in [1.54, 1.807) is 7.05 Å². The molecule has 3 rings (SSSR count). The van der Waals surface area contributed by atoms with E-state index in [1.165, 1.54) is 30.6 Å². The molecule has 0 fully saturated rings. The Bertz CT molecular complexity index is 1190. The van der Waals surface area contributed by atoms with Gasteiger partial charge in [0.1, 0.15) is 5.75 Å². The highest BCUT2D eigenvalue weighted by Gasteiger charge is 2.32. The number of rotatable bonds is 7. The molecule has 1 heterocycles. The van der Waals surface area contributed by atoms with Gasteiger partial charge in [0.25, 0.3) is 5.91 Å². The fraction of sp³-hybridized carbons (Fsp3) is 0.125. The molecule has 1 aromatic heterocycles. The van der Waals surface area contributed by atoms with Gasteiger partial charge in [-0.25, -0.2) is 0 Å². The third kappa shape index (κ3) is 6.19. The summed E-state index contributed by atoms with van der Waals surface area (Å²) in [6.07, 6.45) is -0.771. The van der Waals surface area contributed by atoms with Gasteiger partial charge in [0.2, 0.25) is 0 Å². The number of nitrogens with zero attached hydrogens (tertiary/aromatic N) is 1. The number of benzene rings is 2. The average molecular weight is 454 g/mol. The van der Waals surface area contributed by atoms with Gasteiger partial charge in [-0.05, 0) is 49.0 Å². The number of aromatic nitrogens is 1. The number of halogens is 3. The SMILES string of the molecule is CN/C=C\C(=N)c1cc(C(=O)Nc2cnc(C)cc2-c2ccccc2)ccc1OC(F)(F)F. The molecule has 33 heavy (non-hydrogen) atoms. The topological polar surface area (TPSA) is 87.1 Å². The van der Waals surface area contributed by atoms with Crippen LogP contribution in [0.3, 0.4) is 0 Å². The molecule has 1 amide bonds. The van der Waals surface area contributed by atoms with Crippen molar-refractivity contribution < 1.29 is 22.7 Å². The van der Waals surface area contributed by atoms with Gasteiger partial charge in [0.15, 0.2) is 0 Å². The smallest absolute Gasteiger partial charge is 0.405 e. The minimum absolute atomic E-state index is 0.0571. The lowest BCUT2D eigenvalue weighted by atomic mass is 10.0. The number of pyridine rings is 1. The Balaban J connectivity index is 1.97. The summed E-state index contributed by atoms with van der Waals surface area (Å²) in [7, 11) is 1.58. The van der Waals surface area contributed by atoms with Crippen molar-refractivity contribution in [3.05, 3.63) is 89.9 Å². The second kappa shape index (κ2) is 9.99. The molecule has 0 bridgehead atoms. The molecule has 3 aromatic rings. The molecule has 0 aliphatic rings. The zero-order valence-electron chi connectivity index (χ0n) is 17.8. The first kappa shape index (κ1) is 23.5. The molecule has 6 nitrogen and oxygen atoms in total. The highest BCUT2D eigenvalue weighted by molar-refractivity contribution is 6.12. The number of allylic oxidation sites excluding steroid dienone is 1. The van der Waals surface area contributed by atoms with Crippen LogP contribution in [0, 0.1) is 12.3 Å². The maximum atomic E-state index is 13.0. The van der Waals surface area contributed by atoms with Crippen LogP contribution in [0.5, 0.6) is 5.75 Å². The summed E-state index contributed by atoms with van der Waals surface area (Å²) >= 11 is 0. The Morgan fingerprint density at radius 3 is 2.52 bits per heavy atom. The lowest BCUT2D eigenvalue weighted by molar-refractivity contribution is -0.274. The average Bonchev–Trinajstić information content (AvgIpc) is 2.78. The van der Waals surface area contributed by atoms with Crippen LogP contribution in [0.4, 0.5) is 18.9 Å². The van der Waals surface area contributed by atoms with Crippen LogP contribution in [0.2, 0.25) is 0 Å². The highest BCUT2D eigenvalue weighted by Crippen LogP contribution is 2.30. The van der Waals surface area contributed by atoms with E-state index in [2.05, 4.69) is 20.4 Å². The number of ether oxygens (including phenoxy) is 1. The van der Waals surface area contributed by atoms with Gasteiger partial charge in [0, 0.05) is 29.4 Å². The van der Waals surface area contributed by atoms with Crippen molar-refractivity contribution in [2.75, 3.05) is 12.4 Å². The Morgan fingerprint density at radius 2 is 1.85 bits per heavy atom. The molecule has 0 unspecified atom stereocenters. The van der Waals surface area contributed by atoms with Crippen molar-refractivity contribution in [2.24, 2.45) is 0 Å². The standard InChI is InChI=1S/C24H21F3N4O2/c1-15-12-18(16-6-4-3-5-7-16)21(14-30-15)31-23(32)17-8-9-22(33-24(25,26)27)19(13-17)20(28)10-11-29-2/h3-14,28-29H,1-2H3,(H,31,32)/b11-10-,28-20?. The number of carbonyl (C=O) groups excluding carboxylic acids is 1. The van der Waals surface area contributed by atoms with E-state index in [0.29, 0.717) is 5.69 Å². The first-order chi connectivity index (χ1) is 15.7. The summed E-state index contributed by atoms with van der Waals surface area (Å²) in [4.78, 5) is 17.2. The van der Waals surface area contributed by atoms with E-state index in [9.17, 15) is 18.0 Å². The van der Waals surface area contributed by atoms with Crippen molar-refractivity contribution in [1.82, 2.24) is 10.3 Å². The van der Waals surface area contributed by atoms with Gasteiger partial charge in [-0.1, -0.05) is 30.3 Å². The molecule has 0 aliphatic carbocycles.